The average molecular weight is 378 g/mol. The molecular formula is C16H13INO2+. The summed E-state index contributed by atoms with van der Waals surface area (Å²) in [6.45, 7) is 0. The quantitative estimate of drug-likeness (QED) is 0.604. The summed E-state index contributed by atoms with van der Waals surface area (Å²) in [6, 6.07) is 17.3. The zero-order valence-electron chi connectivity index (χ0n) is 10.9. The molecule has 0 saturated heterocycles. The van der Waals surface area contributed by atoms with Gasteiger partial charge in [-0.1, -0.05) is 30.3 Å². The standard InChI is InChI=1S/C16H12INO2/c1-18-13-10-6-5-9-12(13)15(19)14(16(18)20)17-11-7-3-2-4-8-11/h2-10H,1H3/p+1. The molecule has 0 fully saturated rings. The van der Waals surface area contributed by atoms with Crippen molar-refractivity contribution in [2.75, 3.05) is 0 Å². The number of aromatic hydroxyl groups is 1. The zero-order valence-corrected chi connectivity index (χ0v) is 13.0. The van der Waals surface area contributed by atoms with Gasteiger partial charge in [-0.15, -0.1) is 0 Å². The van der Waals surface area contributed by atoms with Crippen LogP contribution in [0.2, 0.25) is 0 Å². The second-order valence-electron chi connectivity index (χ2n) is 4.43. The Labute approximate surface area is 126 Å². The first-order chi connectivity index (χ1) is 9.68. The van der Waals surface area contributed by atoms with E-state index in [-0.39, 0.29) is 11.3 Å². The van der Waals surface area contributed by atoms with Crippen LogP contribution in [0.3, 0.4) is 0 Å². The van der Waals surface area contributed by atoms with E-state index in [1.165, 1.54) is 0 Å². The van der Waals surface area contributed by atoms with Gasteiger partial charge >= 0.3 is 30.3 Å². The highest BCUT2D eigenvalue weighted by molar-refractivity contribution is 5.84. The number of benzene rings is 2. The summed E-state index contributed by atoms with van der Waals surface area (Å²) < 4.78 is 3.29. The Bertz CT molecular complexity index is 825. The van der Waals surface area contributed by atoms with Crippen molar-refractivity contribution in [1.29, 1.82) is 0 Å². The Kier molecular flexibility index (Phi) is 3.48. The third kappa shape index (κ3) is 2.20. The number of para-hydroxylation sites is 1. The summed E-state index contributed by atoms with van der Waals surface area (Å²) in [5.74, 6) is 0.139. The number of nitrogens with zero attached hydrogens (tertiary/aromatic N) is 1. The van der Waals surface area contributed by atoms with Crippen LogP contribution in [0.5, 0.6) is 5.75 Å². The van der Waals surface area contributed by atoms with Crippen LogP contribution in [0, 0.1) is 7.14 Å². The van der Waals surface area contributed by atoms with E-state index in [9.17, 15) is 9.90 Å². The second kappa shape index (κ2) is 5.28. The third-order valence-electron chi connectivity index (χ3n) is 3.16. The lowest BCUT2D eigenvalue weighted by Gasteiger charge is -2.05. The fourth-order valence-corrected chi connectivity index (χ4v) is 4.65. The molecular weight excluding hydrogens is 365 g/mol. The van der Waals surface area contributed by atoms with Gasteiger partial charge in [0.25, 0.3) is 0 Å². The number of halogens is 1. The van der Waals surface area contributed by atoms with Crippen molar-refractivity contribution < 1.29 is 26.3 Å². The largest absolute Gasteiger partial charge is 0.503 e. The Hall–Kier alpha value is -1.82. The van der Waals surface area contributed by atoms with Gasteiger partial charge in [0.2, 0.25) is 0 Å². The van der Waals surface area contributed by atoms with Gasteiger partial charge in [-0.25, -0.2) is 0 Å². The summed E-state index contributed by atoms with van der Waals surface area (Å²) in [5.41, 5.74) is 0.661. The maximum absolute atomic E-state index is 12.4. The number of aryl methyl sites for hydroxylation is 1. The topological polar surface area (TPSA) is 42.2 Å². The first-order valence-corrected chi connectivity index (χ1v) is 8.35. The van der Waals surface area contributed by atoms with Gasteiger partial charge in [-0.3, -0.25) is 4.79 Å². The van der Waals surface area contributed by atoms with E-state index >= 15 is 0 Å². The molecule has 3 rings (SSSR count). The number of aromatic nitrogens is 1. The Balaban J connectivity index is 2.23. The predicted octanol–water partition coefficient (Wildman–Crippen LogP) is -0.627. The van der Waals surface area contributed by atoms with E-state index in [4.69, 9.17) is 0 Å². The van der Waals surface area contributed by atoms with E-state index in [1.807, 2.05) is 54.6 Å². The van der Waals surface area contributed by atoms with E-state index in [0.29, 0.717) is 3.57 Å². The van der Waals surface area contributed by atoms with Gasteiger partial charge in [-0.2, -0.15) is 0 Å². The van der Waals surface area contributed by atoms with E-state index in [2.05, 4.69) is 0 Å². The van der Waals surface area contributed by atoms with Gasteiger partial charge in [0.15, 0.2) is 9.32 Å². The number of hydrogen-bond acceptors (Lipinski definition) is 2. The van der Waals surface area contributed by atoms with Crippen molar-refractivity contribution >= 4 is 10.9 Å². The molecule has 0 unspecified atom stereocenters. The summed E-state index contributed by atoms with van der Waals surface area (Å²) >= 11 is -0.690. The predicted molar refractivity (Wildman–Crippen MR) is 74.7 cm³/mol. The van der Waals surface area contributed by atoms with Crippen LogP contribution in [0.1, 0.15) is 0 Å². The molecule has 3 aromatic rings. The fourth-order valence-electron chi connectivity index (χ4n) is 2.11. The smallest absolute Gasteiger partial charge is 0.368 e. The molecule has 0 amide bonds. The summed E-state index contributed by atoms with van der Waals surface area (Å²) in [5, 5.41) is 11.2. The zero-order chi connectivity index (χ0) is 14.1. The summed E-state index contributed by atoms with van der Waals surface area (Å²) in [7, 11) is 1.75. The highest BCUT2D eigenvalue weighted by Crippen LogP contribution is 2.21. The summed E-state index contributed by atoms with van der Waals surface area (Å²) in [6.07, 6.45) is 0. The molecule has 20 heavy (non-hydrogen) atoms. The normalized spacial score (nSPS) is 10.8. The van der Waals surface area contributed by atoms with Crippen molar-refractivity contribution in [2.24, 2.45) is 7.05 Å². The van der Waals surface area contributed by atoms with Crippen molar-refractivity contribution in [3.05, 3.63) is 72.1 Å². The van der Waals surface area contributed by atoms with E-state index < -0.39 is 21.2 Å². The molecule has 0 saturated carbocycles. The molecule has 3 nitrogen and oxygen atoms in total. The van der Waals surface area contributed by atoms with Crippen molar-refractivity contribution in [3.63, 3.8) is 0 Å². The molecule has 0 bridgehead atoms. The molecule has 1 heterocycles. The van der Waals surface area contributed by atoms with Crippen LogP contribution in [0.25, 0.3) is 10.9 Å². The van der Waals surface area contributed by atoms with Crippen LogP contribution >= 0.6 is 0 Å². The summed E-state index contributed by atoms with van der Waals surface area (Å²) in [4.78, 5) is 12.4. The van der Waals surface area contributed by atoms with Crippen molar-refractivity contribution in [1.82, 2.24) is 4.57 Å². The van der Waals surface area contributed by atoms with Crippen molar-refractivity contribution in [3.8, 4) is 5.75 Å². The molecule has 0 aliphatic heterocycles. The van der Waals surface area contributed by atoms with Crippen LogP contribution in [0.4, 0.5) is 0 Å². The second-order valence-corrected chi connectivity index (χ2v) is 7.30. The first kappa shape index (κ1) is 13.2. The molecule has 0 atom stereocenters. The van der Waals surface area contributed by atoms with E-state index in [0.717, 1.165) is 14.5 Å². The first-order valence-electron chi connectivity index (χ1n) is 6.19. The molecule has 0 spiro atoms. The molecule has 4 heteroatoms. The van der Waals surface area contributed by atoms with E-state index in [1.54, 1.807) is 11.6 Å². The lowest BCUT2D eigenvalue weighted by Crippen LogP contribution is -3.62. The molecule has 0 radical (unpaired) electrons. The highest BCUT2D eigenvalue weighted by Gasteiger charge is 2.27. The van der Waals surface area contributed by atoms with Gasteiger partial charge in [0.1, 0.15) is 0 Å². The fraction of sp³-hybridized carbons (Fsp3) is 0.0625. The molecule has 0 aliphatic rings. The van der Waals surface area contributed by atoms with Gasteiger partial charge in [0.05, 0.1) is 5.52 Å². The molecule has 1 N–H and O–H groups in total. The van der Waals surface area contributed by atoms with Crippen molar-refractivity contribution in [2.45, 2.75) is 0 Å². The Morgan fingerprint density at radius 2 is 1.65 bits per heavy atom. The minimum absolute atomic E-state index is 0.0992. The van der Waals surface area contributed by atoms with Gasteiger partial charge in [-0.05, 0) is 24.3 Å². The van der Waals surface area contributed by atoms with Gasteiger partial charge < -0.3 is 9.67 Å². The molecule has 0 aliphatic carbocycles. The maximum atomic E-state index is 12.4. The molecule has 100 valence electrons. The van der Waals surface area contributed by atoms with Crippen LogP contribution in [-0.2, 0) is 7.05 Å². The maximum Gasteiger partial charge on any atom is 0.368 e. The van der Waals surface area contributed by atoms with Gasteiger partial charge in [0, 0.05) is 12.4 Å². The minimum atomic E-state index is -0.690. The number of fused-ring (bicyclic) bond motifs is 1. The number of pyridine rings is 1. The minimum Gasteiger partial charge on any atom is -0.503 e. The monoisotopic (exact) mass is 378 g/mol. The van der Waals surface area contributed by atoms with Crippen LogP contribution < -0.4 is 26.8 Å². The average Bonchev–Trinajstić information content (AvgIpc) is 2.50. The Morgan fingerprint density at radius 1 is 1.00 bits per heavy atom. The number of hydrogen-bond donors (Lipinski definition) is 1. The molecule has 2 aromatic carbocycles. The number of rotatable bonds is 2. The van der Waals surface area contributed by atoms with Crippen LogP contribution in [0.15, 0.2) is 59.4 Å². The lowest BCUT2D eigenvalue weighted by molar-refractivity contribution is -0.600. The lowest BCUT2D eigenvalue weighted by atomic mass is 10.2. The third-order valence-corrected chi connectivity index (χ3v) is 6.01. The SMILES string of the molecule is Cn1c(=O)c([I+]c2ccccc2)c(O)c2ccccc21. The molecule has 1 aromatic heterocycles. The van der Waals surface area contributed by atoms with Crippen LogP contribution in [-0.4, -0.2) is 9.67 Å². The highest BCUT2D eigenvalue weighted by atomic mass is 127. The Morgan fingerprint density at radius 3 is 2.40 bits per heavy atom.